The molecule has 0 aromatic rings. The molecule has 0 aliphatic rings. The van der Waals surface area contributed by atoms with Crippen LogP contribution in [0.15, 0.2) is 0 Å². The first-order chi connectivity index (χ1) is 10.3. The van der Waals surface area contributed by atoms with Gasteiger partial charge in [-0.05, 0) is 25.7 Å². The van der Waals surface area contributed by atoms with Gasteiger partial charge in [-0.2, -0.15) is 5.26 Å². The Hall–Kier alpha value is -0.840. The van der Waals surface area contributed by atoms with Crippen LogP contribution in [-0.2, 0) is 4.79 Å². The van der Waals surface area contributed by atoms with E-state index in [2.05, 4.69) is 19.4 Å². The molecular formula is C19H34NO. The van der Waals surface area contributed by atoms with Crippen molar-refractivity contribution in [2.24, 2.45) is 5.92 Å². The van der Waals surface area contributed by atoms with Gasteiger partial charge in [-0.1, -0.05) is 71.1 Å². The minimum absolute atomic E-state index is 0.176. The number of hydrogen-bond acceptors (Lipinski definition) is 2. The Bertz CT molecular complexity index is 257. The monoisotopic (exact) mass is 292 g/mol. The van der Waals surface area contributed by atoms with Crippen LogP contribution in [0.5, 0.6) is 0 Å². The Balaban J connectivity index is 3.33. The lowest BCUT2D eigenvalue weighted by atomic mass is 9.95. The van der Waals surface area contributed by atoms with Gasteiger partial charge in [0.2, 0.25) is 0 Å². The first-order valence-electron chi connectivity index (χ1n) is 9.00. The number of unbranched alkanes of at least 4 members (excludes halogenated alkanes) is 11. The Kier molecular flexibility index (Phi) is 16.5. The van der Waals surface area contributed by atoms with E-state index in [0.29, 0.717) is 6.42 Å². The van der Waals surface area contributed by atoms with Crippen LogP contribution in [-0.4, -0.2) is 6.29 Å². The number of carbonyl (C=O) groups excluding carboxylic acids is 1. The van der Waals surface area contributed by atoms with Gasteiger partial charge in [-0.3, -0.25) is 0 Å². The topological polar surface area (TPSA) is 40.9 Å². The summed E-state index contributed by atoms with van der Waals surface area (Å²) in [5.41, 5.74) is 0. The van der Waals surface area contributed by atoms with E-state index in [9.17, 15) is 4.79 Å². The molecule has 21 heavy (non-hydrogen) atoms. The van der Waals surface area contributed by atoms with Crippen LogP contribution in [0.4, 0.5) is 0 Å². The highest BCUT2D eigenvalue weighted by atomic mass is 16.1. The predicted octanol–water partition coefficient (Wildman–Crippen LogP) is 6.01. The molecule has 0 aromatic heterocycles. The van der Waals surface area contributed by atoms with Crippen molar-refractivity contribution in [3.8, 4) is 6.07 Å². The molecule has 0 heterocycles. The Morgan fingerprint density at radius 1 is 0.905 bits per heavy atom. The van der Waals surface area contributed by atoms with Gasteiger partial charge in [0.1, 0.15) is 6.29 Å². The van der Waals surface area contributed by atoms with E-state index in [4.69, 9.17) is 5.26 Å². The molecule has 0 amide bonds. The third-order valence-electron chi connectivity index (χ3n) is 4.03. The maximum Gasteiger partial charge on any atom is 0.123 e. The molecule has 1 unspecified atom stereocenters. The van der Waals surface area contributed by atoms with E-state index in [1.165, 1.54) is 64.2 Å². The van der Waals surface area contributed by atoms with Crippen LogP contribution in [0.3, 0.4) is 0 Å². The maximum atomic E-state index is 11.0. The summed E-state index contributed by atoms with van der Waals surface area (Å²) in [6.45, 7) is 2.24. The third-order valence-corrected chi connectivity index (χ3v) is 4.03. The minimum Gasteiger partial charge on any atom is -0.303 e. The molecule has 0 aliphatic heterocycles. The standard InChI is InChI=1S/C19H34NO/c1-2-3-4-5-9-12-15-19(18-21)16-13-10-7-6-8-11-14-17-20/h16,18-19H,2-15H2,1H3. The zero-order chi connectivity index (χ0) is 15.6. The van der Waals surface area contributed by atoms with Crippen LogP contribution < -0.4 is 0 Å². The zero-order valence-electron chi connectivity index (χ0n) is 14.0. The SMILES string of the molecule is CCCCCCCCC([CH]CCCCCCCC#N)C=O. The summed E-state index contributed by atoms with van der Waals surface area (Å²) in [4.78, 5) is 11.0. The van der Waals surface area contributed by atoms with Crippen molar-refractivity contribution in [1.82, 2.24) is 0 Å². The highest BCUT2D eigenvalue weighted by Crippen LogP contribution is 2.16. The number of nitriles is 1. The Labute approximate surface area is 132 Å². The molecule has 2 heteroatoms. The van der Waals surface area contributed by atoms with Gasteiger partial charge in [0.05, 0.1) is 6.07 Å². The lowest BCUT2D eigenvalue weighted by Gasteiger charge is -2.09. The maximum absolute atomic E-state index is 11.0. The molecule has 0 N–H and O–H groups in total. The van der Waals surface area contributed by atoms with Gasteiger partial charge < -0.3 is 4.79 Å². The van der Waals surface area contributed by atoms with E-state index in [1.54, 1.807) is 0 Å². The van der Waals surface area contributed by atoms with Crippen LogP contribution in [0.25, 0.3) is 0 Å². The molecule has 121 valence electrons. The molecule has 0 rings (SSSR count). The van der Waals surface area contributed by atoms with Gasteiger partial charge in [0, 0.05) is 12.3 Å². The number of carbonyl (C=O) groups is 1. The van der Waals surface area contributed by atoms with Gasteiger partial charge in [-0.25, -0.2) is 0 Å². The summed E-state index contributed by atoms with van der Waals surface area (Å²) >= 11 is 0. The number of aldehydes is 1. The van der Waals surface area contributed by atoms with Gasteiger partial charge in [0.25, 0.3) is 0 Å². The molecule has 0 saturated carbocycles. The normalized spacial score (nSPS) is 12.0. The van der Waals surface area contributed by atoms with Gasteiger partial charge >= 0.3 is 0 Å². The van der Waals surface area contributed by atoms with E-state index < -0.39 is 0 Å². The highest BCUT2D eigenvalue weighted by Gasteiger charge is 2.06. The van der Waals surface area contributed by atoms with E-state index in [-0.39, 0.29) is 5.92 Å². The third kappa shape index (κ3) is 15.4. The molecule has 0 saturated heterocycles. The lowest BCUT2D eigenvalue weighted by Crippen LogP contribution is -2.03. The van der Waals surface area contributed by atoms with Gasteiger partial charge in [0.15, 0.2) is 0 Å². The van der Waals surface area contributed by atoms with Crippen molar-refractivity contribution in [3.63, 3.8) is 0 Å². The molecule has 1 radical (unpaired) electrons. The zero-order valence-corrected chi connectivity index (χ0v) is 14.0. The van der Waals surface area contributed by atoms with Crippen LogP contribution in [0, 0.1) is 23.7 Å². The second-order valence-electron chi connectivity index (χ2n) is 6.06. The van der Waals surface area contributed by atoms with Crippen molar-refractivity contribution in [2.45, 2.75) is 96.8 Å². The first-order valence-corrected chi connectivity index (χ1v) is 9.00. The summed E-state index contributed by atoms with van der Waals surface area (Å²) in [6.07, 6.45) is 19.8. The molecule has 0 aromatic carbocycles. The number of nitrogens with zero attached hydrogens (tertiary/aromatic N) is 1. The minimum atomic E-state index is 0.176. The van der Waals surface area contributed by atoms with E-state index in [1.807, 2.05) is 0 Å². The fourth-order valence-corrected chi connectivity index (χ4v) is 2.61. The second kappa shape index (κ2) is 17.2. The van der Waals surface area contributed by atoms with Crippen molar-refractivity contribution in [3.05, 3.63) is 6.42 Å². The van der Waals surface area contributed by atoms with E-state index in [0.717, 1.165) is 25.5 Å². The summed E-state index contributed by atoms with van der Waals surface area (Å²) in [6, 6.07) is 2.18. The van der Waals surface area contributed by atoms with Crippen LogP contribution in [0.2, 0.25) is 0 Å². The second-order valence-corrected chi connectivity index (χ2v) is 6.06. The fraction of sp³-hybridized carbons (Fsp3) is 0.842. The predicted molar refractivity (Wildman–Crippen MR) is 89.8 cm³/mol. The largest absolute Gasteiger partial charge is 0.303 e. The highest BCUT2D eigenvalue weighted by molar-refractivity contribution is 5.55. The Morgan fingerprint density at radius 3 is 2.19 bits per heavy atom. The van der Waals surface area contributed by atoms with Crippen molar-refractivity contribution >= 4 is 6.29 Å². The van der Waals surface area contributed by atoms with Crippen molar-refractivity contribution in [2.75, 3.05) is 0 Å². The molecular weight excluding hydrogens is 258 g/mol. The molecule has 0 aliphatic carbocycles. The number of rotatable bonds is 16. The summed E-state index contributed by atoms with van der Waals surface area (Å²) in [5.74, 6) is 0.176. The average Bonchev–Trinajstić information content (AvgIpc) is 2.51. The molecule has 1 atom stereocenters. The fourth-order valence-electron chi connectivity index (χ4n) is 2.61. The first kappa shape index (κ1) is 20.2. The van der Waals surface area contributed by atoms with Crippen molar-refractivity contribution < 1.29 is 4.79 Å². The summed E-state index contributed by atoms with van der Waals surface area (Å²) < 4.78 is 0. The summed E-state index contributed by atoms with van der Waals surface area (Å²) in [5, 5.41) is 8.44. The van der Waals surface area contributed by atoms with Crippen molar-refractivity contribution in [1.29, 1.82) is 5.26 Å². The van der Waals surface area contributed by atoms with Crippen LogP contribution >= 0.6 is 0 Å². The smallest absolute Gasteiger partial charge is 0.123 e. The molecule has 0 spiro atoms. The number of hydrogen-bond donors (Lipinski definition) is 0. The van der Waals surface area contributed by atoms with Gasteiger partial charge in [-0.15, -0.1) is 0 Å². The molecule has 0 bridgehead atoms. The van der Waals surface area contributed by atoms with E-state index >= 15 is 0 Å². The quantitative estimate of drug-likeness (QED) is 0.258. The Morgan fingerprint density at radius 2 is 1.52 bits per heavy atom. The molecule has 2 nitrogen and oxygen atoms in total. The summed E-state index contributed by atoms with van der Waals surface area (Å²) in [7, 11) is 0. The lowest BCUT2D eigenvalue weighted by molar-refractivity contribution is -0.110. The average molecular weight is 292 g/mol. The van der Waals surface area contributed by atoms with Crippen LogP contribution in [0.1, 0.15) is 96.8 Å². The molecule has 0 fully saturated rings.